The summed E-state index contributed by atoms with van der Waals surface area (Å²) in [5, 5.41) is 9.05. The second kappa shape index (κ2) is 2.46. The van der Waals surface area contributed by atoms with Gasteiger partial charge in [-0.1, -0.05) is 15.9 Å². The molecule has 1 amide bonds. The lowest BCUT2D eigenvalue weighted by molar-refractivity contribution is -0.132. The van der Waals surface area contributed by atoms with Gasteiger partial charge in [-0.05, 0) is 6.92 Å². The van der Waals surface area contributed by atoms with E-state index in [2.05, 4.69) is 15.9 Å². The summed E-state index contributed by atoms with van der Waals surface area (Å²) < 4.78 is 0. The maximum atomic E-state index is 10.2. The molecule has 0 heterocycles. The molecule has 0 spiro atoms. The Labute approximate surface area is 56.0 Å². The van der Waals surface area contributed by atoms with Crippen LogP contribution in [0, 0.1) is 0 Å². The van der Waals surface area contributed by atoms with Gasteiger partial charge in [-0.15, -0.1) is 0 Å². The Morgan fingerprint density at radius 1 is 2.00 bits per heavy atom. The van der Waals surface area contributed by atoms with Crippen LogP contribution in [0.3, 0.4) is 0 Å². The molecule has 0 aliphatic rings. The van der Waals surface area contributed by atoms with Crippen LogP contribution in [-0.4, -0.2) is 21.9 Å². The monoisotopic (exact) mass is 181 g/mol. The normalized spacial score (nSPS) is 17.4. The number of primary amides is 1. The predicted molar refractivity (Wildman–Crippen MR) is 33.6 cm³/mol. The quantitative estimate of drug-likeness (QED) is 0.571. The zero-order valence-corrected chi connectivity index (χ0v) is 6.10. The highest BCUT2D eigenvalue weighted by atomic mass is 79.9. The molecule has 0 radical (unpaired) electrons. The van der Waals surface area contributed by atoms with Crippen LogP contribution in [0.1, 0.15) is 6.92 Å². The number of hydrogen-bond donors (Lipinski definition) is 2. The summed E-state index contributed by atoms with van der Waals surface area (Å²) in [5.41, 5.74) is 3.36. The molecule has 0 rings (SSSR count). The van der Waals surface area contributed by atoms with Crippen molar-refractivity contribution in [2.24, 2.45) is 5.73 Å². The molecule has 3 N–H and O–H groups in total. The standard InChI is InChI=1S/C4H8BrNO2/c1-4(8,2-5)3(6)7/h8H,2H2,1H3,(H2,6,7). The fourth-order valence-corrected chi connectivity index (χ4v) is 0.342. The van der Waals surface area contributed by atoms with Gasteiger partial charge in [0, 0.05) is 5.33 Å². The van der Waals surface area contributed by atoms with Crippen molar-refractivity contribution >= 4 is 21.8 Å². The molecular formula is C4H8BrNO2. The number of nitrogens with two attached hydrogens (primary N) is 1. The Morgan fingerprint density at radius 2 is 2.38 bits per heavy atom. The van der Waals surface area contributed by atoms with Crippen molar-refractivity contribution in [1.82, 2.24) is 0 Å². The van der Waals surface area contributed by atoms with Crippen molar-refractivity contribution in [2.45, 2.75) is 12.5 Å². The Morgan fingerprint density at radius 3 is 2.38 bits per heavy atom. The molecule has 0 aromatic rings. The van der Waals surface area contributed by atoms with E-state index in [0.29, 0.717) is 0 Å². The number of alkyl halides is 1. The Hall–Kier alpha value is -0.0900. The highest BCUT2D eigenvalue weighted by Crippen LogP contribution is 2.04. The Bertz CT molecular complexity index is 102. The summed E-state index contributed by atoms with van der Waals surface area (Å²) in [5.74, 6) is -0.714. The van der Waals surface area contributed by atoms with Crippen LogP contribution in [0.2, 0.25) is 0 Å². The summed E-state index contributed by atoms with van der Waals surface area (Å²) in [6.45, 7) is 1.35. The fourth-order valence-electron chi connectivity index (χ4n) is 0.0659. The van der Waals surface area contributed by atoms with Crippen molar-refractivity contribution < 1.29 is 9.90 Å². The largest absolute Gasteiger partial charge is 0.379 e. The van der Waals surface area contributed by atoms with E-state index in [0.717, 1.165) is 0 Å². The van der Waals surface area contributed by atoms with Gasteiger partial charge in [-0.2, -0.15) is 0 Å². The predicted octanol–water partition coefficient (Wildman–Crippen LogP) is -0.382. The van der Waals surface area contributed by atoms with E-state index >= 15 is 0 Å². The number of carbonyl (C=O) groups excluding carboxylic acids is 1. The first-order chi connectivity index (χ1) is 3.50. The second-order valence-electron chi connectivity index (χ2n) is 1.77. The molecule has 0 aromatic carbocycles. The number of aliphatic hydroxyl groups is 1. The van der Waals surface area contributed by atoms with Crippen LogP contribution in [0.25, 0.3) is 0 Å². The first-order valence-corrected chi connectivity index (χ1v) is 3.21. The van der Waals surface area contributed by atoms with Crippen LogP contribution >= 0.6 is 15.9 Å². The molecule has 0 bridgehead atoms. The molecule has 1 unspecified atom stereocenters. The zero-order valence-electron chi connectivity index (χ0n) is 4.52. The van der Waals surface area contributed by atoms with Crippen molar-refractivity contribution in [2.75, 3.05) is 5.33 Å². The van der Waals surface area contributed by atoms with Gasteiger partial charge in [0.15, 0.2) is 0 Å². The smallest absolute Gasteiger partial charge is 0.249 e. The Kier molecular flexibility index (Phi) is 2.43. The van der Waals surface area contributed by atoms with Crippen molar-refractivity contribution in [1.29, 1.82) is 0 Å². The number of carbonyl (C=O) groups is 1. The van der Waals surface area contributed by atoms with E-state index in [-0.39, 0.29) is 5.33 Å². The minimum Gasteiger partial charge on any atom is -0.379 e. The van der Waals surface area contributed by atoms with Gasteiger partial charge < -0.3 is 10.8 Å². The molecule has 48 valence electrons. The average molecular weight is 182 g/mol. The lowest BCUT2D eigenvalue weighted by Crippen LogP contribution is -2.42. The fraction of sp³-hybridized carbons (Fsp3) is 0.750. The highest BCUT2D eigenvalue weighted by molar-refractivity contribution is 9.09. The van der Waals surface area contributed by atoms with Crippen LogP contribution in [-0.2, 0) is 4.79 Å². The lowest BCUT2D eigenvalue weighted by Gasteiger charge is -2.13. The van der Waals surface area contributed by atoms with Gasteiger partial charge in [-0.3, -0.25) is 4.79 Å². The third-order valence-electron chi connectivity index (χ3n) is 0.791. The third-order valence-corrected chi connectivity index (χ3v) is 1.88. The molecule has 4 heteroatoms. The summed E-state index contributed by atoms with van der Waals surface area (Å²) in [6.07, 6.45) is 0. The Balaban J connectivity index is 3.91. The third kappa shape index (κ3) is 1.79. The molecule has 1 atom stereocenters. The maximum absolute atomic E-state index is 10.2. The van der Waals surface area contributed by atoms with Crippen LogP contribution in [0.4, 0.5) is 0 Å². The summed E-state index contributed by atoms with van der Waals surface area (Å²) in [6, 6.07) is 0. The van der Waals surface area contributed by atoms with Crippen molar-refractivity contribution in [3.05, 3.63) is 0 Å². The van der Waals surface area contributed by atoms with Gasteiger partial charge in [-0.25, -0.2) is 0 Å². The summed E-state index contributed by atoms with van der Waals surface area (Å²) in [7, 11) is 0. The van der Waals surface area contributed by atoms with E-state index in [9.17, 15) is 4.79 Å². The van der Waals surface area contributed by atoms with Crippen molar-refractivity contribution in [3.8, 4) is 0 Å². The molecule has 8 heavy (non-hydrogen) atoms. The molecular weight excluding hydrogens is 174 g/mol. The number of amides is 1. The van der Waals surface area contributed by atoms with Crippen LogP contribution in [0.15, 0.2) is 0 Å². The lowest BCUT2D eigenvalue weighted by atomic mass is 10.1. The molecule has 3 nitrogen and oxygen atoms in total. The van der Waals surface area contributed by atoms with E-state index in [1.807, 2.05) is 0 Å². The van der Waals surface area contributed by atoms with Gasteiger partial charge >= 0.3 is 0 Å². The van der Waals surface area contributed by atoms with Gasteiger partial charge in [0.1, 0.15) is 5.60 Å². The molecule has 0 aromatic heterocycles. The molecule has 0 fully saturated rings. The van der Waals surface area contributed by atoms with E-state index in [4.69, 9.17) is 10.8 Å². The topological polar surface area (TPSA) is 63.3 Å². The number of rotatable bonds is 2. The summed E-state index contributed by atoms with van der Waals surface area (Å²) >= 11 is 2.92. The minimum absolute atomic E-state index is 0.176. The highest BCUT2D eigenvalue weighted by Gasteiger charge is 2.25. The maximum Gasteiger partial charge on any atom is 0.249 e. The molecule has 0 aliphatic heterocycles. The second-order valence-corrected chi connectivity index (χ2v) is 2.33. The summed E-state index contributed by atoms with van der Waals surface area (Å²) in [4.78, 5) is 10.2. The number of halogens is 1. The minimum atomic E-state index is -1.40. The van der Waals surface area contributed by atoms with E-state index in [1.165, 1.54) is 6.92 Å². The SMILES string of the molecule is CC(O)(CBr)C(N)=O. The number of hydrogen-bond acceptors (Lipinski definition) is 2. The molecule has 0 saturated heterocycles. The zero-order chi connectivity index (χ0) is 6.78. The first-order valence-electron chi connectivity index (χ1n) is 2.09. The van der Waals surface area contributed by atoms with Gasteiger partial charge in [0.25, 0.3) is 0 Å². The first kappa shape index (κ1) is 7.91. The average Bonchev–Trinajstić information content (AvgIpc) is 1.67. The van der Waals surface area contributed by atoms with Gasteiger partial charge in [0.2, 0.25) is 5.91 Å². The van der Waals surface area contributed by atoms with E-state index < -0.39 is 11.5 Å². The van der Waals surface area contributed by atoms with E-state index in [1.54, 1.807) is 0 Å². The van der Waals surface area contributed by atoms with Crippen LogP contribution < -0.4 is 5.73 Å². The van der Waals surface area contributed by atoms with Crippen molar-refractivity contribution in [3.63, 3.8) is 0 Å². The van der Waals surface area contributed by atoms with Gasteiger partial charge in [0.05, 0.1) is 0 Å². The molecule has 0 aliphatic carbocycles. The molecule has 0 saturated carbocycles. The van der Waals surface area contributed by atoms with Crippen LogP contribution in [0.5, 0.6) is 0 Å².